The SMILES string of the molecule is CC(C)(C)c1nnc(NC(=O)NC[C@@H]2COc3ccccc3O2)s1. The number of amides is 2. The summed E-state index contributed by atoms with van der Waals surface area (Å²) >= 11 is 1.37. The van der Waals surface area contributed by atoms with Crippen LogP contribution in [0.3, 0.4) is 0 Å². The molecule has 0 saturated heterocycles. The predicted molar refractivity (Wildman–Crippen MR) is 92.0 cm³/mol. The molecule has 128 valence electrons. The summed E-state index contributed by atoms with van der Waals surface area (Å²) in [6, 6.07) is 7.13. The number of ether oxygens (including phenoxy) is 2. The van der Waals surface area contributed by atoms with E-state index >= 15 is 0 Å². The van der Waals surface area contributed by atoms with Crippen molar-refractivity contribution in [3.63, 3.8) is 0 Å². The molecule has 2 heterocycles. The molecule has 1 aliphatic rings. The molecular weight excluding hydrogens is 328 g/mol. The molecular formula is C16H20N4O3S. The minimum Gasteiger partial charge on any atom is -0.486 e. The number of fused-ring (bicyclic) bond motifs is 1. The smallest absolute Gasteiger partial charge is 0.321 e. The second kappa shape index (κ2) is 6.64. The van der Waals surface area contributed by atoms with Crippen LogP contribution in [0.4, 0.5) is 9.93 Å². The Balaban J connectivity index is 1.49. The van der Waals surface area contributed by atoms with Crippen LogP contribution in [0.5, 0.6) is 11.5 Å². The van der Waals surface area contributed by atoms with E-state index in [4.69, 9.17) is 9.47 Å². The van der Waals surface area contributed by atoms with Crippen molar-refractivity contribution in [1.29, 1.82) is 0 Å². The zero-order valence-electron chi connectivity index (χ0n) is 13.8. The average molecular weight is 348 g/mol. The molecule has 1 aliphatic heterocycles. The van der Waals surface area contributed by atoms with E-state index in [0.717, 1.165) is 10.8 Å². The number of carbonyl (C=O) groups is 1. The fourth-order valence-electron chi connectivity index (χ4n) is 2.09. The van der Waals surface area contributed by atoms with Crippen molar-refractivity contribution in [2.24, 2.45) is 0 Å². The monoisotopic (exact) mass is 348 g/mol. The molecule has 8 heteroatoms. The van der Waals surface area contributed by atoms with Crippen LogP contribution in [0.1, 0.15) is 25.8 Å². The number of hydrogen-bond donors (Lipinski definition) is 2. The first-order valence-electron chi connectivity index (χ1n) is 7.69. The van der Waals surface area contributed by atoms with E-state index in [-0.39, 0.29) is 17.6 Å². The number of aromatic nitrogens is 2. The molecule has 1 aromatic heterocycles. The molecule has 0 fully saturated rings. The van der Waals surface area contributed by atoms with Gasteiger partial charge in [0.25, 0.3) is 0 Å². The van der Waals surface area contributed by atoms with Crippen molar-refractivity contribution < 1.29 is 14.3 Å². The number of para-hydroxylation sites is 2. The van der Waals surface area contributed by atoms with E-state index in [0.29, 0.717) is 24.0 Å². The quantitative estimate of drug-likeness (QED) is 0.891. The Hall–Kier alpha value is -2.35. The molecule has 2 amide bonds. The van der Waals surface area contributed by atoms with Crippen molar-refractivity contribution >= 4 is 22.5 Å². The molecule has 0 radical (unpaired) electrons. The molecule has 3 rings (SSSR count). The number of benzene rings is 1. The topological polar surface area (TPSA) is 85.4 Å². The highest BCUT2D eigenvalue weighted by Gasteiger charge is 2.22. The zero-order valence-corrected chi connectivity index (χ0v) is 14.6. The normalized spacial score (nSPS) is 16.5. The van der Waals surface area contributed by atoms with Gasteiger partial charge in [0.2, 0.25) is 5.13 Å². The third-order valence-electron chi connectivity index (χ3n) is 3.34. The number of rotatable bonds is 3. The van der Waals surface area contributed by atoms with E-state index in [2.05, 4.69) is 41.6 Å². The molecule has 7 nitrogen and oxygen atoms in total. The fourth-order valence-corrected chi connectivity index (χ4v) is 2.88. The predicted octanol–water partition coefficient (Wildman–Crippen LogP) is 2.80. The molecule has 0 saturated carbocycles. The number of nitrogens with one attached hydrogen (secondary N) is 2. The van der Waals surface area contributed by atoms with Crippen LogP contribution in [-0.4, -0.2) is 35.5 Å². The van der Waals surface area contributed by atoms with Gasteiger partial charge in [-0.1, -0.05) is 44.2 Å². The highest BCUT2D eigenvalue weighted by atomic mass is 32.1. The van der Waals surface area contributed by atoms with Gasteiger partial charge in [-0.05, 0) is 12.1 Å². The molecule has 2 N–H and O–H groups in total. The summed E-state index contributed by atoms with van der Waals surface area (Å²) in [5, 5.41) is 14.9. The van der Waals surface area contributed by atoms with Crippen LogP contribution in [0, 0.1) is 0 Å². The summed E-state index contributed by atoms with van der Waals surface area (Å²) in [5.74, 6) is 1.41. The Morgan fingerprint density at radius 2 is 2.04 bits per heavy atom. The van der Waals surface area contributed by atoms with Crippen LogP contribution >= 0.6 is 11.3 Å². The lowest BCUT2D eigenvalue weighted by Gasteiger charge is -2.26. The third-order valence-corrected chi connectivity index (χ3v) is 4.61. The molecule has 2 aromatic rings. The Morgan fingerprint density at radius 1 is 1.29 bits per heavy atom. The second-order valence-corrected chi connectivity index (χ2v) is 7.47. The molecule has 0 unspecified atom stereocenters. The lowest BCUT2D eigenvalue weighted by Crippen LogP contribution is -2.42. The summed E-state index contributed by atoms with van der Waals surface area (Å²) in [6.07, 6.45) is -0.231. The summed E-state index contributed by atoms with van der Waals surface area (Å²) in [5.41, 5.74) is -0.0886. The maximum absolute atomic E-state index is 12.0. The maximum Gasteiger partial charge on any atom is 0.321 e. The van der Waals surface area contributed by atoms with Gasteiger partial charge in [-0.2, -0.15) is 0 Å². The number of urea groups is 1. The minimum absolute atomic E-state index is 0.0886. The number of carbonyl (C=O) groups excluding carboxylic acids is 1. The van der Waals surface area contributed by atoms with Gasteiger partial charge in [-0.15, -0.1) is 10.2 Å². The fraction of sp³-hybridized carbons (Fsp3) is 0.438. The summed E-state index contributed by atoms with van der Waals surface area (Å²) in [7, 11) is 0. The van der Waals surface area contributed by atoms with Gasteiger partial charge in [0.1, 0.15) is 11.6 Å². The van der Waals surface area contributed by atoms with Crippen molar-refractivity contribution in [2.45, 2.75) is 32.3 Å². The Morgan fingerprint density at radius 3 is 2.75 bits per heavy atom. The summed E-state index contributed by atoms with van der Waals surface area (Å²) in [4.78, 5) is 12.0. The van der Waals surface area contributed by atoms with Gasteiger partial charge < -0.3 is 14.8 Å². The lowest BCUT2D eigenvalue weighted by atomic mass is 9.98. The van der Waals surface area contributed by atoms with Gasteiger partial charge in [0.15, 0.2) is 17.6 Å². The number of hydrogen-bond acceptors (Lipinski definition) is 6. The van der Waals surface area contributed by atoms with Crippen molar-refractivity contribution in [3.8, 4) is 11.5 Å². The first-order valence-corrected chi connectivity index (χ1v) is 8.51. The molecule has 24 heavy (non-hydrogen) atoms. The molecule has 0 bridgehead atoms. The van der Waals surface area contributed by atoms with Crippen molar-refractivity contribution in [3.05, 3.63) is 29.3 Å². The maximum atomic E-state index is 12.0. The van der Waals surface area contributed by atoms with Crippen LogP contribution in [0.15, 0.2) is 24.3 Å². The molecule has 1 atom stereocenters. The average Bonchev–Trinajstić information content (AvgIpc) is 3.01. The summed E-state index contributed by atoms with van der Waals surface area (Å²) < 4.78 is 11.4. The Bertz CT molecular complexity index is 726. The zero-order chi connectivity index (χ0) is 17.2. The highest BCUT2D eigenvalue weighted by molar-refractivity contribution is 7.15. The van der Waals surface area contributed by atoms with E-state index in [1.54, 1.807) is 0 Å². The van der Waals surface area contributed by atoms with Gasteiger partial charge in [-0.3, -0.25) is 5.32 Å². The first-order chi connectivity index (χ1) is 11.4. The number of nitrogens with zero attached hydrogens (tertiary/aromatic N) is 2. The summed E-state index contributed by atoms with van der Waals surface area (Å²) in [6.45, 7) is 6.89. The van der Waals surface area contributed by atoms with Crippen molar-refractivity contribution in [2.75, 3.05) is 18.5 Å². The van der Waals surface area contributed by atoms with Gasteiger partial charge in [0, 0.05) is 5.41 Å². The molecule has 1 aromatic carbocycles. The van der Waals surface area contributed by atoms with E-state index in [9.17, 15) is 4.79 Å². The largest absolute Gasteiger partial charge is 0.486 e. The third kappa shape index (κ3) is 3.94. The van der Waals surface area contributed by atoms with Gasteiger partial charge in [0.05, 0.1) is 6.54 Å². The second-order valence-electron chi connectivity index (χ2n) is 6.49. The minimum atomic E-state index is -0.339. The van der Waals surface area contributed by atoms with E-state index in [1.807, 2.05) is 24.3 Å². The highest BCUT2D eigenvalue weighted by Crippen LogP contribution is 2.30. The van der Waals surface area contributed by atoms with Crippen molar-refractivity contribution in [1.82, 2.24) is 15.5 Å². The first kappa shape index (κ1) is 16.5. The van der Waals surface area contributed by atoms with Crippen LogP contribution < -0.4 is 20.1 Å². The Kier molecular flexibility index (Phi) is 4.57. The van der Waals surface area contributed by atoms with Crippen LogP contribution in [0.25, 0.3) is 0 Å². The lowest BCUT2D eigenvalue weighted by molar-refractivity contribution is 0.0922. The van der Waals surface area contributed by atoms with Crippen LogP contribution in [0.2, 0.25) is 0 Å². The van der Waals surface area contributed by atoms with E-state index < -0.39 is 0 Å². The van der Waals surface area contributed by atoms with E-state index in [1.165, 1.54) is 11.3 Å². The van der Waals surface area contributed by atoms with Gasteiger partial charge in [-0.25, -0.2) is 4.79 Å². The molecule has 0 spiro atoms. The standard InChI is InChI=1S/C16H20N4O3S/c1-16(2,3)13-19-20-15(24-13)18-14(21)17-8-10-9-22-11-6-4-5-7-12(11)23-10/h4-7,10H,8-9H2,1-3H3,(H2,17,18,20,21)/t10-/m1/s1. The molecule has 0 aliphatic carbocycles. The Labute approximate surface area is 144 Å². The number of anilines is 1. The van der Waals surface area contributed by atoms with Crippen LogP contribution in [-0.2, 0) is 5.41 Å². The van der Waals surface area contributed by atoms with Gasteiger partial charge >= 0.3 is 6.03 Å².